The summed E-state index contributed by atoms with van der Waals surface area (Å²) in [5.41, 5.74) is 1.98. The SMILES string of the molecule is C=C(C)Cn1nc(C(=O)O)cc1CC. The molecule has 0 aliphatic carbocycles. The zero-order chi connectivity index (χ0) is 10.7. The molecule has 76 valence electrons. The van der Waals surface area contributed by atoms with E-state index in [-0.39, 0.29) is 5.69 Å². The van der Waals surface area contributed by atoms with Gasteiger partial charge in [0.2, 0.25) is 0 Å². The van der Waals surface area contributed by atoms with Crippen LogP contribution >= 0.6 is 0 Å². The molecule has 0 aromatic carbocycles. The molecular weight excluding hydrogens is 180 g/mol. The lowest BCUT2D eigenvalue weighted by atomic mass is 10.3. The van der Waals surface area contributed by atoms with Crippen LogP contribution in [-0.2, 0) is 13.0 Å². The Hall–Kier alpha value is -1.58. The third-order valence-electron chi connectivity index (χ3n) is 1.86. The summed E-state index contributed by atoms with van der Waals surface area (Å²) in [5.74, 6) is -0.986. The van der Waals surface area contributed by atoms with E-state index in [0.29, 0.717) is 6.54 Å². The summed E-state index contributed by atoms with van der Waals surface area (Å²) in [6.45, 7) is 8.21. The van der Waals surface area contributed by atoms with Crippen LogP contribution in [0.3, 0.4) is 0 Å². The molecule has 4 heteroatoms. The first-order valence-electron chi connectivity index (χ1n) is 4.49. The molecule has 0 radical (unpaired) electrons. The summed E-state index contributed by atoms with van der Waals surface area (Å²) >= 11 is 0. The van der Waals surface area contributed by atoms with Crippen LogP contribution < -0.4 is 0 Å². The molecule has 0 atom stereocenters. The van der Waals surface area contributed by atoms with Gasteiger partial charge in [0.1, 0.15) is 0 Å². The lowest BCUT2D eigenvalue weighted by Crippen LogP contribution is -2.06. The second kappa shape index (κ2) is 4.09. The Bertz CT molecular complexity index is 366. The van der Waals surface area contributed by atoms with Crippen LogP contribution in [-0.4, -0.2) is 20.9 Å². The number of aromatic nitrogens is 2. The van der Waals surface area contributed by atoms with Crippen molar-refractivity contribution in [2.75, 3.05) is 0 Å². The molecule has 0 aliphatic rings. The zero-order valence-corrected chi connectivity index (χ0v) is 8.45. The number of nitrogens with zero attached hydrogens (tertiary/aromatic N) is 2. The number of aryl methyl sites for hydroxylation is 1. The van der Waals surface area contributed by atoms with E-state index in [1.54, 1.807) is 10.7 Å². The molecule has 0 aliphatic heterocycles. The number of carbonyl (C=O) groups is 1. The third kappa shape index (κ3) is 2.22. The maximum Gasteiger partial charge on any atom is 0.356 e. The van der Waals surface area contributed by atoms with Gasteiger partial charge in [-0.15, -0.1) is 0 Å². The van der Waals surface area contributed by atoms with Crippen molar-refractivity contribution in [1.82, 2.24) is 9.78 Å². The van der Waals surface area contributed by atoms with Gasteiger partial charge >= 0.3 is 5.97 Å². The topological polar surface area (TPSA) is 55.1 Å². The molecule has 1 aromatic rings. The highest BCUT2D eigenvalue weighted by atomic mass is 16.4. The maximum atomic E-state index is 10.7. The number of hydrogen-bond acceptors (Lipinski definition) is 2. The fraction of sp³-hybridized carbons (Fsp3) is 0.400. The van der Waals surface area contributed by atoms with Crippen LogP contribution in [0, 0.1) is 0 Å². The lowest BCUT2D eigenvalue weighted by molar-refractivity contribution is 0.0689. The number of aromatic carboxylic acids is 1. The minimum atomic E-state index is -0.986. The maximum absolute atomic E-state index is 10.7. The van der Waals surface area contributed by atoms with Gasteiger partial charge < -0.3 is 5.11 Å². The highest BCUT2D eigenvalue weighted by Gasteiger charge is 2.11. The first kappa shape index (κ1) is 10.5. The lowest BCUT2D eigenvalue weighted by Gasteiger charge is -2.03. The molecule has 1 aromatic heterocycles. The first-order valence-corrected chi connectivity index (χ1v) is 4.49. The smallest absolute Gasteiger partial charge is 0.356 e. The molecule has 0 fully saturated rings. The zero-order valence-electron chi connectivity index (χ0n) is 8.45. The van der Waals surface area contributed by atoms with Crippen molar-refractivity contribution < 1.29 is 9.90 Å². The van der Waals surface area contributed by atoms with Gasteiger partial charge in [-0.3, -0.25) is 4.68 Å². The minimum absolute atomic E-state index is 0.100. The molecular formula is C10H14N2O2. The molecule has 0 saturated carbocycles. The molecule has 0 bridgehead atoms. The Morgan fingerprint density at radius 1 is 1.71 bits per heavy atom. The van der Waals surface area contributed by atoms with Crippen LogP contribution in [0.1, 0.15) is 30.0 Å². The van der Waals surface area contributed by atoms with Crippen molar-refractivity contribution >= 4 is 5.97 Å². The van der Waals surface area contributed by atoms with E-state index in [0.717, 1.165) is 17.7 Å². The number of carboxylic acids is 1. The molecule has 0 amide bonds. The van der Waals surface area contributed by atoms with Crippen LogP contribution in [0.5, 0.6) is 0 Å². The van der Waals surface area contributed by atoms with E-state index in [9.17, 15) is 4.79 Å². The van der Waals surface area contributed by atoms with Crippen molar-refractivity contribution in [3.05, 3.63) is 29.6 Å². The Labute approximate surface area is 82.9 Å². The highest BCUT2D eigenvalue weighted by molar-refractivity contribution is 5.85. The van der Waals surface area contributed by atoms with Crippen LogP contribution in [0.15, 0.2) is 18.2 Å². The Kier molecular flexibility index (Phi) is 3.06. The highest BCUT2D eigenvalue weighted by Crippen LogP contribution is 2.07. The van der Waals surface area contributed by atoms with Gasteiger partial charge in [0.25, 0.3) is 0 Å². The van der Waals surface area contributed by atoms with Crippen LogP contribution in [0.4, 0.5) is 0 Å². The summed E-state index contributed by atoms with van der Waals surface area (Å²) < 4.78 is 1.69. The molecule has 4 nitrogen and oxygen atoms in total. The second-order valence-corrected chi connectivity index (χ2v) is 3.29. The number of rotatable bonds is 4. The summed E-state index contributed by atoms with van der Waals surface area (Å²) in [6.07, 6.45) is 0.771. The van der Waals surface area contributed by atoms with E-state index in [1.807, 2.05) is 13.8 Å². The summed E-state index contributed by atoms with van der Waals surface area (Å²) in [6, 6.07) is 1.60. The number of carboxylic acid groups (broad SMARTS) is 1. The Morgan fingerprint density at radius 3 is 2.79 bits per heavy atom. The van der Waals surface area contributed by atoms with E-state index < -0.39 is 5.97 Å². The molecule has 0 spiro atoms. The minimum Gasteiger partial charge on any atom is -0.476 e. The van der Waals surface area contributed by atoms with Gasteiger partial charge in [-0.05, 0) is 19.4 Å². The van der Waals surface area contributed by atoms with Crippen molar-refractivity contribution in [3.8, 4) is 0 Å². The monoisotopic (exact) mass is 194 g/mol. The average molecular weight is 194 g/mol. The Morgan fingerprint density at radius 2 is 2.36 bits per heavy atom. The standard InChI is InChI=1S/C10H14N2O2/c1-4-8-5-9(10(13)14)11-12(8)6-7(2)3/h5H,2,4,6H2,1,3H3,(H,13,14). The van der Waals surface area contributed by atoms with Gasteiger partial charge in [-0.2, -0.15) is 5.10 Å². The third-order valence-corrected chi connectivity index (χ3v) is 1.86. The van der Waals surface area contributed by atoms with E-state index >= 15 is 0 Å². The van der Waals surface area contributed by atoms with Crippen molar-refractivity contribution in [2.24, 2.45) is 0 Å². The van der Waals surface area contributed by atoms with E-state index in [2.05, 4.69) is 11.7 Å². The molecule has 0 saturated heterocycles. The van der Waals surface area contributed by atoms with Crippen molar-refractivity contribution in [1.29, 1.82) is 0 Å². The summed E-state index contributed by atoms with van der Waals surface area (Å²) in [5, 5.41) is 12.7. The fourth-order valence-corrected chi connectivity index (χ4v) is 1.24. The largest absolute Gasteiger partial charge is 0.476 e. The molecule has 1 N–H and O–H groups in total. The van der Waals surface area contributed by atoms with Crippen LogP contribution in [0.2, 0.25) is 0 Å². The van der Waals surface area contributed by atoms with E-state index in [1.165, 1.54) is 0 Å². The van der Waals surface area contributed by atoms with Crippen molar-refractivity contribution in [3.63, 3.8) is 0 Å². The van der Waals surface area contributed by atoms with Crippen molar-refractivity contribution in [2.45, 2.75) is 26.8 Å². The quantitative estimate of drug-likeness (QED) is 0.742. The van der Waals surface area contributed by atoms with Gasteiger partial charge in [0, 0.05) is 5.69 Å². The van der Waals surface area contributed by atoms with Gasteiger partial charge in [-0.1, -0.05) is 19.1 Å². The predicted molar refractivity (Wildman–Crippen MR) is 53.4 cm³/mol. The Balaban J connectivity index is 3.02. The van der Waals surface area contributed by atoms with Gasteiger partial charge in [0.15, 0.2) is 5.69 Å². The molecule has 14 heavy (non-hydrogen) atoms. The normalized spacial score (nSPS) is 10.1. The first-order chi connectivity index (χ1) is 6.54. The summed E-state index contributed by atoms with van der Waals surface area (Å²) in [7, 11) is 0. The number of allylic oxidation sites excluding steroid dienone is 1. The molecule has 1 rings (SSSR count). The number of hydrogen-bond donors (Lipinski definition) is 1. The molecule has 0 unspecified atom stereocenters. The van der Waals surface area contributed by atoms with Gasteiger partial charge in [0.05, 0.1) is 6.54 Å². The van der Waals surface area contributed by atoms with Gasteiger partial charge in [-0.25, -0.2) is 4.79 Å². The molecule has 1 heterocycles. The second-order valence-electron chi connectivity index (χ2n) is 3.29. The fourth-order valence-electron chi connectivity index (χ4n) is 1.24. The van der Waals surface area contributed by atoms with Crippen LogP contribution in [0.25, 0.3) is 0 Å². The predicted octanol–water partition coefficient (Wildman–Crippen LogP) is 1.72. The van der Waals surface area contributed by atoms with E-state index in [4.69, 9.17) is 5.11 Å². The summed E-state index contributed by atoms with van der Waals surface area (Å²) in [4.78, 5) is 10.7. The average Bonchev–Trinajstić information content (AvgIpc) is 2.46.